The number of anilines is 1. The van der Waals surface area contributed by atoms with Gasteiger partial charge in [0.1, 0.15) is 12.4 Å². The maximum Gasteiger partial charge on any atom is 0.325 e. The van der Waals surface area contributed by atoms with E-state index in [4.69, 9.17) is 0 Å². The van der Waals surface area contributed by atoms with Gasteiger partial charge in [0.25, 0.3) is 5.91 Å². The molecule has 2 aromatic rings. The van der Waals surface area contributed by atoms with E-state index in [2.05, 4.69) is 10.6 Å². The number of hydrogen-bond acceptors (Lipinski definition) is 4. The average molecular weight is 347 g/mol. The molecule has 2 heterocycles. The van der Waals surface area contributed by atoms with Crippen molar-refractivity contribution in [3.05, 3.63) is 52.5 Å². The second-order valence-corrected chi connectivity index (χ2v) is 6.43. The Morgan fingerprint density at radius 3 is 2.62 bits per heavy atom. The Kier molecular flexibility index (Phi) is 4.06. The van der Waals surface area contributed by atoms with Crippen LogP contribution in [-0.2, 0) is 15.1 Å². The zero-order chi connectivity index (χ0) is 17.3. The molecule has 1 saturated heterocycles. The second kappa shape index (κ2) is 6.04. The van der Waals surface area contributed by atoms with Crippen molar-refractivity contribution in [2.75, 3.05) is 11.9 Å². The average Bonchev–Trinajstić information content (AvgIpc) is 3.14. The monoisotopic (exact) mass is 347 g/mol. The fraction of sp³-hybridized carbons (Fsp3) is 0.188. The highest BCUT2D eigenvalue weighted by Crippen LogP contribution is 2.31. The minimum atomic E-state index is -1.17. The molecule has 24 heavy (non-hydrogen) atoms. The highest BCUT2D eigenvalue weighted by atomic mass is 32.1. The molecule has 0 bridgehead atoms. The van der Waals surface area contributed by atoms with E-state index in [0.29, 0.717) is 10.6 Å². The zero-order valence-corrected chi connectivity index (χ0v) is 13.5. The van der Waals surface area contributed by atoms with Crippen LogP contribution in [0.1, 0.15) is 11.8 Å². The van der Waals surface area contributed by atoms with Gasteiger partial charge in [0, 0.05) is 10.6 Å². The number of imide groups is 1. The summed E-state index contributed by atoms with van der Waals surface area (Å²) in [5, 5.41) is 6.96. The van der Waals surface area contributed by atoms with Crippen LogP contribution >= 0.6 is 11.3 Å². The van der Waals surface area contributed by atoms with Crippen molar-refractivity contribution < 1.29 is 18.8 Å². The summed E-state index contributed by atoms with van der Waals surface area (Å²) in [6.45, 7) is 1.19. The number of benzene rings is 1. The number of hydrogen-bond donors (Lipinski definition) is 2. The van der Waals surface area contributed by atoms with E-state index in [-0.39, 0.29) is 0 Å². The van der Waals surface area contributed by atoms with Gasteiger partial charge in [-0.3, -0.25) is 14.5 Å². The Balaban J connectivity index is 1.71. The lowest BCUT2D eigenvalue weighted by Crippen LogP contribution is -2.41. The smallest absolute Gasteiger partial charge is 0.325 e. The van der Waals surface area contributed by atoms with Crippen LogP contribution in [0.5, 0.6) is 0 Å². The van der Waals surface area contributed by atoms with Gasteiger partial charge in [0.15, 0.2) is 5.54 Å². The molecule has 2 N–H and O–H groups in total. The van der Waals surface area contributed by atoms with E-state index < -0.39 is 35.7 Å². The number of thiophene rings is 1. The number of nitrogens with one attached hydrogen (secondary N) is 2. The predicted octanol–water partition coefficient (Wildman–Crippen LogP) is 2.29. The third kappa shape index (κ3) is 2.88. The van der Waals surface area contributed by atoms with Crippen molar-refractivity contribution in [1.29, 1.82) is 0 Å². The first-order valence-corrected chi connectivity index (χ1v) is 8.01. The maximum absolute atomic E-state index is 12.9. The Hall–Kier alpha value is -2.74. The van der Waals surface area contributed by atoms with Gasteiger partial charge in [-0.05, 0) is 42.6 Å². The van der Waals surface area contributed by atoms with Gasteiger partial charge in [0.2, 0.25) is 5.91 Å². The van der Waals surface area contributed by atoms with Crippen molar-refractivity contribution in [3.63, 3.8) is 0 Å². The molecule has 1 unspecified atom stereocenters. The largest absolute Gasteiger partial charge is 0.325 e. The van der Waals surface area contributed by atoms with Crippen LogP contribution in [0.3, 0.4) is 0 Å². The summed E-state index contributed by atoms with van der Waals surface area (Å²) >= 11 is 1.35. The Bertz CT molecular complexity index is 791. The number of urea groups is 1. The lowest BCUT2D eigenvalue weighted by Gasteiger charge is -2.19. The SMILES string of the molecule is CC1(c2cccs2)NC(=O)N(CC(=O)Nc2ccc(F)cc2)C1=O. The van der Waals surface area contributed by atoms with E-state index in [0.717, 1.165) is 4.90 Å². The quantitative estimate of drug-likeness (QED) is 0.833. The molecular weight excluding hydrogens is 333 g/mol. The molecule has 4 amide bonds. The number of carbonyl (C=O) groups excluding carboxylic acids is 3. The lowest BCUT2D eigenvalue weighted by molar-refractivity contribution is -0.133. The Morgan fingerprint density at radius 1 is 1.29 bits per heavy atom. The summed E-state index contributed by atoms with van der Waals surface area (Å²) in [5.41, 5.74) is -0.782. The molecule has 3 rings (SSSR count). The van der Waals surface area contributed by atoms with Crippen LogP contribution in [0, 0.1) is 5.82 Å². The maximum atomic E-state index is 12.9. The molecule has 1 atom stereocenters. The van der Waals surface area contributed by atoms with Crippen molar-refractivity contribution in [1.82, 2.24) is 10.2 Å². The third-order valence-electron chi connectivity index (χ3n) is 3.72. The highest BCUT2D eigenvalue weighted by molar-refractivity contribution is 7.10. The minimum absolute atomic E-state index is 0.384. The van der Waals surface area contributed by atoms with Gasteiger partial charge in [-0.1, -0.05) is 6.07 Å². The lowest BCUT2D eigenvalue weighted by atomic mass is 10.0. The van der Waals surface area contributed by atoms with Crippen molar-refractivity contribution in [3.8, 4) is 0 Å². The second-order valence-electron chi connectivity index (χ2n) is 5.48. The molecule has 0 saturated carbocycles. The van der Waals surface area contributed by atoms with Crippen molar-refractivity contribution in [2.24, 2.45) is 0 Å². The first kappa shape index (κ1) is 16.1. The molecule has 1 aliphatic heterocycles. The molecule has 0 aliphatic carbocycles. The van der Waals surface area contributed by atoms with Crippen molar-refractivity contribution in [2.45, 2.75) is 12.5 Å². The standard InChI is InChI=1S/C16H14FN3O3S/c1-16(12-3-2-8-24-12)14(22)20(15(23)19-16)9-13(21)18-11-6-4-10(17)5-7-11/h2-8H,9H2,1H3,(H,18,21)(H,19,23). The summed E-state index contributed by atoms with van der Waals surface area (Å²) in [5.74, 6) is -1.45. The number of rotatable bonds is 4. The molecule has 8 heteroatoms. The molecule has 1 aromatic carbocycles. The van der Waals surface area contributed by atoms with Gasteiger partial charge in [0.05, 0.1) is 0 Å². The van der Waals surface area contributed by atoms with Gasteiger partial charge in [-0.15, -0.1) is 11.3 Å². The summed E-state index contributed by atoms with van der Waals surface area (Å²) in [6.07, 6.45) is 0. The number of halogens is 1. The van der Waals surface area contributed by atoms with Gasteiger partial charge in [-0.25, -0.2) is 9.18 Å². The summed E-state index contributed by atoms with van der Waals surface area (Å²) < 4.78 is 12.9. The summed E-state index contributed by atoms with van der Waals surface area (Å²) in [4.78, 5) is 38.3. The van der Waals surface area contributed by atoms with Crippen LogP contribution in [0.25, 0.3) is 0 Å². The van der Waals surface area contributed by atoms with Gasteiger partial charge in [-0.2, -0.15) is 0 Å². The predicted molar refractivity (Wildman–Crippen MR) is 86.9 cm³/mol. The number of amides is 4. The molecule has 0 spiro atoms. The third-order valence-corrected chi connectivity index (χ3v) is 4.81. The highest BCUT2D eigenvalue weighted by Gasteiger charge is 2.50. The Morgan fingerprint density at radius 2 is 2.00 bits per heavy atom. The van der Waals surface area contributed by atoms with Crippen LogP contribution in [-0.4, -0.2) is 29.3 Å². The molecule has 0 radical (unpaired) electrons. The van der Waals surface area contributed by atoms with Crippen LogP contribution in [0.4, 0.5) is 14.9 Å². The molecule has 124 valence electrons. The summed E-state index contributed by atoms with van der Waals surface area (Å²) in [7, 11) is 0. The minimum Gasteiger partial charge on any atom is -0.325 e. The van der Waals surface area contributed by atoms with E-state index in [1.165, 1.54) is 35.6 Å². The van der Waals surface area contributed by atoms with E-state index in [1.54, 1.807) is 19.1 Å². The van der Waals surface area contributed by atoms with Crippen LogP contribution in [0.15, 0.2) is 41.8 Å². The summed E-state index contributed by atoms with van der Waals surface area (Å²) in [6, 6.07) is 8.13. The molecule has 1 fully saturated rings. The van der Waals surface area contributed by atoms with E-state index in [9.17, 15) is 18.8 Å². The van der Waals surface area contributed by atoms with Crippen LogP contribution in [0.2, 0.25) is 0 Å². The molecule has 6 nitrogen and oxygen atoms in total. The number of nitrogens with zero attached hydrogens (tertiary/aromatic N) is 1. The van der Waals surface area contributed by atoms with E-state index >= 15 is 0 Å². The normalized spacial score (nSPS) is 20.2. The molecule has 1 aliphatic rings. The molecular formula is C16H14FN3O3S. The molecule has 1 aromatic heterocycles. The fourth-order valence-electron chi connectivity index (χ4n) is 2.45. The first-order valence-electron chi connectivity index (χ1n) is 7.13. The van der Waals surface area contributed by atoms with Crippen LogP contribution < -0.4 is 10.6 Å². The fourth-order valence-corrected chi connectivity index (χ4v) is 3.28. The van der Waals surface area contributed by atoms with E-state index in [1.807, 2.05) is 5.38 Å². The van der Waals surface area contributed by atoms with Gasteiger partial charge < -0.3 is 10.6 Å². The van der Waals surface area contributed by atoms with Crippen molar-refractivity contribution >= 4 is 34.9 Å². The zero-order valence-electron chi connectivity index (χ0n) is 12.7. The van der Waals surface area contributed by atoms with Gasteiger partial charge >= 0.3 is 6.03 Å². The topological polar surface area (TPSA) is 78.5 Å². The first-order chi connectivity index (χ1) is 11.4. The Labute approximate surface area is 141 Å². The number of carbonyl (C=O) groups is 3.